The van der Waals surface area contributed by atoms with Crippen LogP contribution in [-0.2, 0) is 9.53 Å². The van der Waals surface area contributed by atoms with Crippen LogP contribution in [0, 0.1) is 19.8 Å². The van der Waals surface area contributed by atoms with E-state index in [1.54, 1.807) is 0 Å². The van der Waals surface area contributed by atoms with Gasteiger partial charge in [0.15, 0.2) is 6.61 Å². The number of carbonyl (C=O) groups is 2. The number of esters is 1. The Morgan fingerprint density at radius 2 is 2.04 bits per heavy atom. The van der Waals surface area contributed by atoms with Gasteiger partial charge in [0.1, 0.15) is 0 Å². The summed E-state index contributed by atoms with van der Waals surface area (Å²) < 4.78 is 6.49. The standard InChI is InChI=1S/C18H27N5O3/c1-5-7-8-14(6-2)10-19-15(24)11-26-17(25)16-21-18-20-12(3)9-13(4)23(18)22-16/h9,14H,5-8,10-11H2,1-4H3,(H,19,24)/t14-/m1/s1. The Morgan fingerprint density at radius 3 is 2.73 bits per heavy atom. The van der Waals surface area contributed by atoms with E-state index >= 15 is 0 Å². The molecule has 142 valence electrons. The fourth-order valence-corrected chi connectivity index (χ4v) is 2.70. The molecule has 2 rings (SSSR count). The number of nitrogens with zero attached hydrogens (tertiary/aromatic N) is 4. The number of rotatable bonds is 9. The Morgan fingerprint density at radius 1 is 1.27 bits per heavy atom. The third-order valence-electron chi connectivity index (χ3n) is 4.27. The van der Waals surface area contributed by atoms with Crippen LogP contribution >= 0.6 is 0 Å². The van der Waals surface area contributed by atoms with Crippen LogP contribution in [0.25, 0.3) is 5.78 Å². The molecule has 1 N–H and O–H groups in total. The van der Waals surface area contributed by atoms with Crippen molar-refractivity contribution >= 4 is 17.7 Å². The summed E-state index contributed by atoms with van der Waals surface area (Å²) in [6, 6.07) is 1.84. The van der Waals surface area contributed by atoms with E-state index in [2.05, 4.69) is 34.2 Å². The van der Waals surface area contributed by atoms with Crippen LogP contribution in [0.1, 0.15) is 61.5 Å². The summed E-state index contributed by atoms with van der Waals surface area (Å²) in [5.41, 5.74) is 1.60. The van der Waals surface area contributed by atoms with Crippen molar-refractivity contribution in [3.05, 3.63) is 23.3 Å². The lowest BCUT2D eigenvalue weighted by atomic mass is 9.99. The number of aryl methyl sites for hydroxylation is 2. The molecule has 8 heteroatoms. The second-order valence-corrected chi connectivity index (χ2v) is 6.48. The monoisotopic (exact) mass is 361 g/mol. The van der Waals surface area contributed by atoms with Gasteiger partial charge in [-0.05, 0) is 32.3 Å². The number of unbranched alkanes of at least 4 members (excludes halogenated alkanes) is 1. The number of nitrogens with one attached hydrogen (secondary N) is 1. The molecule has 0 radical (unpaired) electrons. The van der Waals surface area contributed by atoms with Crippen molar-refractivity contribution in [2.24, 2.45) is 5.92 Å². The highest BCUT2D eigenvalue weighted by Gasteiger charge is 2.18. The molecule has 0 saturated heterocycles. The van der Waals surface area contributed by atoms with E-state index in [4.69, 9.17) is 4.74 Å². The number of fused-ring (bicyclic) bond motifs is 1. The molecule has 0 aliphatic heterocycles. The van der Waals surface area contributed by atoms with Crippen molar-refractivity contribution in [3.8, 4) is 0 Å². The maximum absolute atomic E-state index is 12.1. The lowest BCUT2D eigenvalue weighted by molar-refractivity contribution is -0.124. The van der Waals surface area contributed by atoms with E-state index < -0.39 is 5.97 Å². The molecule has 0 fully saturated rings. The molecule has 1 amide bonds. The van der Waals surface area contributed by atoms with Gasteiger partial charge in [0.2, 0.25) is 0 Å². The maximum atomic E-state index is 12.1. The highest BCUT2D eigenvalue weighted by atomic mass is 16.5. The molecule has 2 aromatic heterocycles. The summed E-state index contributed by atoms with van der Waals surface area (Å²) in [5.74, 6) is -0.371. The van der Waals surface area contributed by atoms with E-state index in [1.165, 1.54) is 4.52 Å². The van der Waals surface area contributed by atoms with Gasteiger partial charge >= 0.3 is 5.97 Å². The second-order valence-electron chi connectivity index (χ2n) is 6.48. The number of carbonyl (C=O) groups excluding carboxylic acids is 2. The summed E-state index contributed by atoms with van der Waals surface area (Å²) in [6.07, 6.45) is 4.39. The molecule has 0 bridgehead atoms. The van der Waals surface area contributed by atoms with Gasteiger partial charge in [-0.3, -0.25) is 4.79 Å². The van der Waals surface area contributed by atoms with Crippen LogP contribution in [0.2, 0.25) is 0 Å². The number of ether oxygens (including phenoxy) is 1. The summed E-state index contributed by atoms with van der Waals surface area (Å²) in [4.78, 5) is 32.3. The molecular formula is C18H27N5O3. The average Bonchev–Trinajstić information content (AvgIpc) is 3.04. The van der Waals surface area contributed by atoms with Gasteiger partial charge in [0.25, 0.3) is 17.5 Å². The average molecular weight is 361 g/mol. The van der Waals surface area contributed by atoms with Crippen molar-refractivity contribution in [1.29, 1.82) is 0 Å². The van der Waals surface area contributed by atoms with Crippen LogP contribution in [0.3, 0.4) is 0 Å². The SMILES string of the molecule is CCCC[C@@H](CC)CNC(=O)COC(=O)c1nc2nc(C)cc(C)n2n1. The molecule has 0 aliphatic carbocycles. The lowest BCUT2D eigenvalue weighted by Crippen LogP contribution is -2.33. The first-order chi connectivity index (χ1) is 12.4. The van der Waals surface area contributed by atoms with Gasteiger partial charge in [0.05, 0.1) is 0 Å². The van der Waals surface area contributed by atoms with Gasteiger partial charge in [0, 0.05) is 17.9 Å². The molecule has 8 nitrogen and oxygen atoms in total. The van der Waals surface area contributed by atoms with Crippen LogP contribution in [0.5, 0.6) is 0 Å². The van der Waals surface area contributed by atoms with Crippen LogP contribution in [-0.4, -0.2) is 44.6 Å². The fourth-order valence-electron chi connectivity index (χ4n) is 2.70. The highest BCUT2D eigenvalue weighted by molar-refractivity contribution is 5.88. The normalized spacial score (nSPS) is 12.2. The van der Waals surface area contributed by atoms with Gasteiger partial charge in [-0.1, -0.05) is 33.1 Å². The Labute approximate surface area is 153 Å². The number of hydrogen-bond donors (Lipinski definition) is 1. The zero-order chi connectivity index (χ0) is 19.1. The molecule has 26 heavy (non-hydrogen) atoms. The molecule has 0 unspecified atom stereocenters. The quantitative estimate of drug-likeness (QED) is 0.688. The van der Waals surface area contributed by atoms with E-state index in [9.17, 15) is 9.59 Å². The van der Waals surface area contributed by atoms with Crippen LogP contribution < -0.4 is 5.32 Å². The molecule has 0 aliphatic rings. The van der Waals surface area contributed by atoms with Crippen molar-refractivity contribution < 1.29 is 14.3 Å². The highest BCUT2D eigenvalue weighted by Crippen LogP contribution is 2.11. The fraction of sp³-hybridized carbons (Fsp3) is 0.611. The Hall–Kier alpha value is -2.51. The first kappa shape index (κ1) is 19.8. The first-order valence-electron chi connectivity index (χ1n) is 9.09. The zero-order valence-electron chi connectivity index (χ0n) is 15.9. The molecule has 0 aromatic carbocycles. The van der Waals surface area contributed by atoms with E-state index in [0.717, 1.165) is 37.1 Å². The zero-order valence-corrected chi connectivity index (χ0v) is 15.9. The van der Waals surface area contributed by atoms with Crippen molar-refractivity contribution in [2.45, 2.75) is 53.4 Å². The lowest BCUT2D eigenvalue weighted by Gasteiger charge is -2.15. The second kappa shape index (κ2) is 9.26. The predicted octanol–water partition coefficient (Wildman–Crippen LogP) is 2.23. The molecule has 2 aromatic rings. The van der Waals surface area contributed by atoms with Crippen molar-refractivity contribution in [1.82, 2.24) is 24.9 Å². The smallest absolute Gasteiger partial charge is 0.378 e. The van der Waals surface area contributed by atoms with Crippen LogP contribution in [0.15, 0.2) is 6.07 Å². The number of hydrogen-bond acceptors (Lipinski definition) is 6. The Balaban J connectivity index is 1.86. The minimum Gasteiger partial charge on any atom is -0.450 e. The molecular weight excluding hydrogens is 334 g/mol. The summed E-state index contributed by atoms with van der Waals surface area (Å²) >= 11 is 0. The topological polar surface area (TPSA) is 98.5 Å². The summed E-state index contributed by atoms with van der Waals surface area (Å²) in [5, 5.41) is 6.91. The third-order valence-corrected chi connectivity index (χ3v) is 4.27. The van der Waals surface area contributed by atoms with Gasteiger partial charge in [-0.2, -0.15) is 4.98 Å². The molecule has 2 heterocycles. The largest absolute Gasteiger partial charge is 0.450 e. The van der Waals surface area contributed by atoms with Gasteiger partial charge in [-0.15, -0.1) is 5.10 Å². The van der Waals surface area contributed by atoms with Crippen molar-refractivity contribution in [3.63, 3.8) is 0 Å². The van der Waals surface area contributed by atoms with E-state index in [1.807, 2.05) is 19.9 Å². The van der Waals surface area contributed by atoms with E-state index in [-0.39, 0.29) is 18.3 Å². The molecule has 0 spiro atoms. The summed E-state index contributed by atoms with van der Waals surface area (Å²) in [6.45, 7) is 8.21. The molecule has 1 atom stereocenters. The maximum Gasteiger partial charge on any atom is 0.378 e. The van der Waals surface area contributed by atoms with Crippen LogP contribution in [0.4, 0.5) is 0 Å². The van der Waals surface area contributed by atoms with Gasteiger partial charge in [-0.25, -0.2) is 14.3 Å². The first-order valence-corrected chi connectivity index (χ1v) is 9.09. The predicted molar refractivity (Wildman–Crippen MR) is 96.9 cm³/mol. The van der Waals surface area contributed by atoms with Gasteiger partial charge < -0.3 is 10.1 Å². The number of aromatic nitrogens is 4. The summed E-state index contributed by atoms with van der Waals surface area (Å²) in [7, 11) is 0. The third kappa shape index (κ3) is 5.24. The minimum atomic E-state index is -0.735. The van der Waals surface area contributed by atoms with Crippen molar-refractivity contribution in [2.75, 3.05) is 13.2 Å². The number of amides is 1. The Kier molecular flexibility index (Phi) is 7.06. The van der Waals surface area contributed by atoms with E-state index in [0.29, 0.717) is 18.2 Å². The minimum absolute atomic E-state index is 0.103. The Bertz CT molecular complexity index is 772. The molecule has 0 saturated carbocycles.